The van der Waals surface area contributed by atoms with Gasteiger partial charge in [-0.2, -0.15) is 0 Å². The van der Waals surface area contributed by atoms with Crippen molar-refractivity contribution in [1.82, 2.24) is 10.3 Å². The zero-order chi connectivity index (χ0) is 15.7. The van der Waals surface area contributed by atoms with Crippen LogP contribution in [0.15, 0.2) is 42.5 Å². The first-order valence-corrected chi connectivity index (χ1v) is 7.17. The lowest BCUT2D eigenvalue weighted by Crippen LogP contribution is -2.23. The average molecular weight is 296 g/mol. The summed E-state index contributed by atoms with van der Waals surface area (Å²) in [7, 11) is 0. The molecular formula is C18H17FN2O. The van der Waals surface area contributed by atoms with Crippen LogP contribution in [0.4, 0.5) is 4.39 Å². The van der Waals surface area contributed by atoms with Gasteiger partial charge in [-0.3, -0.25) is 4.79 Å². The maximum Gasteiger partial charge on any atom is 0.251 e. The van der Waals surface area contributed by atoms with Gasteiger partial charge in [0.1, 0.15) is 5.82 Å². The summed E-state index contributed by atoms with van der Waals surface area (Å²) in [6.07, 6.45) is 0. The van der Waals surface area contributed by atoms with Crippen molar-refractivity contribution in [1.29, 1.82) is 0 Å². The molecule has 0 fully saturated rings. The molecule has 0 aliphatic carbocycles. The van der Waals surface area contributed by atoms with E-state index in [1.807, 2.05) is 26.0 Å². The molecule has 0 atom stereocenters. The van der Waals surface area contributed by atoms with Crippen LogP contribution in [0.1, 0.15) is 27.2 Å². The molecule has 0 radical (unpaired) electrons. The van der Waals surface area contributed by atoms with Gasteiger partial charge < -0.3 is 10.3 Å². The standard InChI is InChI=1S/C18H17FN2O/c1-11-12(2)21-17-8-7-13(9-15(11)17)18(22)20-10-14-5-3-4-6-16(14)19/h3-9,21H,10H2,1-2H3,(H,20,22). The van der Waals surface area contributed by atoms with Crippen LogP contribution in [0, 0.1) is 19.7 Å². The monoisotopic (exact) mass is 296 g/mol. The first kappa shape index (κ1) is 14.3. The molecule has 0 aliphatic rings. The van der Waals surface area contributed by atoms with E-state index in [-0.39, 0.29) is 18.3 Å². The molecule has 3 nitrogen and oxygen atoms in total. The van der Waals surface area contributed by atoms with E-state index in [9.17, 15) is 9.18 Å². The normalized spacial score (nSPS) is 10.9. The average Bonchev–Trinajstić information content (AvgIpc) is 2.81. The van der Waals surface area contributed by atoms with Crippen LogP contribution in [0.5, 0.6) is 0 Å². The molecule has 0 aliphatic heterocycles. The Hall–Kier alpha value is -2.62. The number of rotatable bonds is 3. The van der Waals surface area contributed by atoms with Crippen molar-refractivity contribution < 1.29 is 9.18 Å². The zero-order valence-electron chi connectivity index (χ0n) is 12.5. The quantitative estimate of drug-likeness (QED) is 0.757. The number of aryl methyl sites for hydroxylation is 2. The molecule has 4 heteroatoms. The van der Waals surface area contributed by atoms with Gasteiger partial charge in [0.2, 0.25) is 0 Å². The van der Waals surface area contributed by atoms with Crippen LogP contribution in [0.3, 0.4) is 0 Å². The summed E-state index contributed by atoms with van der Waals surface area (Å²) >= 11 is 0. The van der Waals surface area contributed by atoms with E-state index in [1.165, 1.54) is 6.07 Å². The molecule has 0 saturated carbocycles. The number of halogens is 1. The summed E-state index contributed by atoms with van der Waals surface area (Å²) < 4.78 is 13.6. The second-order valence-corrected chi connectivity index (χ2v) is 5.41. The molecule has 0 unspecified atom stereocenters. The van der Waals surface area contributed by atoms with E-state index in [0.717, 1.165) is 22.2 Å². The fourth-order valence-corrected chi connectivity index (χ4v) is 2.52. The molecule has 22 heavy (non-hydrogen) atoms. The van der Waals surface area contributed by atoms with Crippen molar-refractivity contribution in [2.45, 2.75) is 20.4 Å². The highest BCUT2D eigenvalue weighted by atomic mass is 19.1. The van der Waals surface area contributed by atoms with Gasteiger partial charge in [-0.15, -0.1) is 0 Å². The van der Waals surface area contributed by atoms with Crippen molar-refractivity contribution in [2.75, 3.05) is 0 Å². The number of hydrogen-bond donors (Lipinski definition) is 2. The third-order valence-electron chi connectivity index (χ3n) is 3.97. The molecule has 1 aromatic heterocycles. The third kappa shape index (κ3) is 2.60. The number of fused-ring (bicyclic) bond motifs is 1. The van der Waals surface area contributed by atoms with Crippen LogP contribution in [-0.4, -0.2) is 10.9 Å². The van der Waals surface area contributed by atoms with Crippen LogP contribution in [0.25, 0.3) is 10.9 Å². The summed E-state index contributed by atoms with van der Waals surface area (Å²) in [5.41, 5.74) is 4.30. The summed E-state index contributed by atoms with van der Waals surface area (Å²) in [6.45, 7) is 4.21. The Morgan fingerprint density at radius 2 is 1.95 bits per heavy atom. The van der Waals surface area contributed by atoms with Gasteiger partial charge in [0, 0.05) is 34.3 Å². The SMILES string of the molecule is Cc1[nH]c2ccc(C(=O)NCc3ccccc3F)cc2c1C. The fourth-order valence-electron chi connectivity index (χ4n) is 2.52. The van der Waals surface area contributed by atoms with E-state index in [4.69, 9.17) is 0 Å². The first-order valence-electron chi connectivity index (χ1n) is 7.17. The molecule has 3 aromatic rings. The van der Waals surface area contributed by atoms with Crippen molar-refractivity contribution in [3.63, 3.8) is 0 Å². The van der Waals surface area contributed by atoms with Gasteiger partial charge >= 0.3 is 0 Å². The molecule has 0 spiro atoms. The molecule has 0 bridgehead atoms. The number of amides is 1. The first-order chi connectivity index (χ1) is 10.6. The van der Waals surface area contributed by atoms with Crippen molar-refractivity contribution in [3.8, 4) is 0 Å². The van der Waals surface area contributed by atoms with Gasteiger partial charge in [0.15, 0.2) is 0 Å². The number of aromatic nitrogens is 1. The van der Waals surface area contributed by atoms with Crippen LogP contribution < -0.4 is 5.32 Å². The largest absolute Gasteiger partial charge is 0.358 e. The molecule has 2 N–H and O–H groups in total. The Bertz CT molecular complexity index is 851. The topological polar surface area (TPSA) is 44.9 Å². The number of carbonyl (C=O) groups excluding carboxylic acids is 1. The molecule has 2 aromatic carbocycles. The van der Waals surface area contributed by atoms with E-state index in [1.54, 1.807) is 24.3 Å². The Balaban J connectivity index is 1.80. The smallest absolute Gasteiger partial charge is 0.251 e. The number of nitrogens with one attached hydrogen (secondary N) is 2. The Morgan fingerprint density at radius 1 is 1.18 bits per heavy atom. The lowest BCUT2D eigenvalue weighted by Gasteiger charge is -2.06. The third-order valence-corrected chi connectivity index (χ3v) is 3.97. The van der Waals surface area contributed by atoms with E-state index >= 15 is 0 Å². The highest BCUT2D eigenvalue weighted by molar-refractivity contribution is 5.99. The van der Waals surface area contributed by atoms with Gasteiger partial charge in [0.25, 0.3) is 5.91 Å². The lowest BCUT2D eigenvalue weighted by molar-refractivity contribution is 0.0950. The zero-order valence-corrected chi connectivity index (χ0v) is 12.5. The highest BCUT2D eigenvalue weighted by Gasteiger charge is 2.10. The Labute approximate surface area is 128 Å². The van der Waals surface area contributed by atoms with Gasteiger partial charge in [-0.25, -0.2) is 4.39 Å². The Kier molecular flexibility index (Phi) is 3.67. The van der Waals surface area contributed by atoms with Crippen LogP contribution in [0.2, 0.25) is 0 Å². The van der Waals surface area contributed by atoms with Gasteiger partial charge in [-0.1, -0.05) is 18.2 Å². The molecule has 112 valence electrons. The number of hydrogen-bond acceptors (Lipinski definition) is 1. The summed E-state index contributed by atoms with van der Waals surface area (Å²) in [5.74, 6) is -0.515. The fraction of sp³-hybridized carbons (Fsp3) is 0.167. The van der Waals surface area contributed by atoms with Gasteiger partial charge in [0.05, 0.1) is 0 Å². The van der Waals surface area contributed by atoms with Crippen molar-refractivity contribution in [2.24, 2.45) is 0 Å². The second kappa shape index (κ2) is 5.64. The van der Waals surface area contributed by atoms with Crippen molar-refractivity contribution in [3.05, 3.63) is 70.7 Å². The highest BCUT2D eigenvalue weighted by Crippen LogP contribution is 2.22. The summed E-state index contributed by atoms with van der Waals surface area (Å²) in [5, 5.41) is 3.80. The van der Waals surface area contributed by atoms with Gasteiger partial charge in [-0.05, 0) is 43.7 Å². The summed E-state index contributed by atoms with van der Waals surface area (Å²) in [6, 6.07) is 12.0. The number of carbonyl (C=O) groups is 1. The number of benzene rings is 2. The van der Waals surface area contributed by atoms with E-state index < -0.39 is 0 Å². The molecule has 0 saturated heterocycles. The molecule has 3 rings (SSSR count). The Morgan fingerprint density at radius 3 is 2.73 bits per heavy atom. The van der Waals surface area contributed by atoms with E-state index in [0.29, 0.717) is 11.1 Å². The number of H-pyrrole nitrogens is 1. The minimum atomic E-state index is -0.310. The molecule has 1 heterocycles. The predicted molar refractivity (Wildman–Crippen MR) is 85.3 cm³/mol. The lowest BCUT2D eigenvalue weighted by atomic mass is 10.1. The van der Waals surface area contributed by atoms with Crippen LogP contribution in [-0.2, 0) is 6.54 Å². The number of aromatic amines is 1. The molecular weight excluding hydrogens is 279 g/mol. The maximum absolute atomic E-state index is 13.6. The minimum absolute atomic E-state index is 0.175. The van der Waals surface area contributed by atoms with E-state index in [2.05, 4.69) is 10.3 Å². The summed E-state index contributed by atoms with van der Waals surface area (Å²) in [4.78, 5) is 15.5. The van der Waals surface area contributed by atoms with Crippen LogP contribution >= 0.6 is 0 Å². The maximum atomic E-state index is 13.6. The second-order valence-electron chi connectivity index (χ2n) is 5.41. The predicted octanol–water partition coefficient (Wildman–Crippen LogP) is 3.85. The van der Waals surface area contributed by atoms with Crippen molar-refractivity contribution >= 4 is 16.8 Å². The molecule has 1 amide bonds. The minimum Gasteiger partial charge on any atom is -0.358 e.